The Morgan fingerprint density at radius 1 is 1.10 bits per heavy atom. The standard InChI is InChI=1S/C9H6F3N3S2.CO2/c10-9(11,12)17-7-3-1-6(2-4-7)16-8-5-13-15-14-8;2-1-3/h1-5H,(H,13,14,15);. The second kappa shape index (κ2) is 7.73. The second-order valence-electron chi connectivity index (χ2n) is 3.01. The molecule has 0 aliphatic heterocycles. The van der Waals surface area contributed by atoms with E-state index in [0.717, 1.165) is 4.90 Å². The molecule has 0 bridgehead atoms. The average molecular weight is 321 g/mol. The lowest BCUT2D eigenvalue weighted by Crippen LogP contribution is -1.98. The van der Waals surface area contributed by atoms with Crippen LogP contribution in [0.2, 0.25) is 0 Å². The number of benzene rings is 1. The Balaban J connectivity index is 0.000000612. The first-order valence-corrected chi connectivity index (χ1v) is 6.46. The number of halogens is 3. The summed E-state index contributed by atoms with van der Waals surface area (Å²) in [6.45, 7) is 0. The molecule has 0 unspecified atom stereocenters. The van der Waals surface area contributed by atoms with Crippen LogP contribution in [0.1, 0.15) is 0 Å². The van der Waals surface area contributed by atoms with Crippen LogP contribution in [-0.4, -0.2) is 27.1 Å². The molecule has 10 heteroatoms. The molecule has 0 amide bonds. The fraction of sp³-hybridized carbons (Fsp3) is 0.100. The van der Waals surface area contributed by atoms with Crippen LogP contribution in [0.25, 0.3) is 0 Å². The van der Waals surface area contributed by atoms with E-state index in [1.54, 1.807) is 18.3 Å². The summed E-state index contributed by atoms with van der Waals surface area (Å²) in [5.41, 5.74) is -4.25. The number of rotatable bonds is 3. The van der Waals surface area contributed by atoms with Crippen LogP contribution in [0.15, 0.2) is 45.3 Å². The maximum atomic E-state index is 12.1. The van der Waals surface area contributed by atoms with Crippen molar-refractivity contribution < 1.29 is 22.8 Å². The number of thioether (sulfide) groups is 1. The topological polar surface area (TPSA) is 75.7 Å². The van der Waals surface area contributed by atoms with Gasteiger partial charge >= 0.3 is 11.7 Å². The van der Waals surface area contributed by atoms with Gasteiger partial charge in [-0.1, -0.05) is 11.8 Å². The van der Waals surface area contributed by atoms with Crippen molar-refractivity contribution in [1.82, 2.24) is 15.4 Å². The summed E-state index contributed by atoms with van der Waals surface area (Å²) in [6.07, 6.45) is 1.79. The molecule has 0 radical (unpaired) electrons. The third-order valence-corrected chi connectivity index (χ3v) is 3.33. The van der Waals surface area contributed by atoms with E-state index >= 15 is 0 Å². The number of hydrogen-bond donors (Lipinski definition) is 1. The Morgan fingerprint density at radius 2 is 1.65 bits per heavy atom. The molecule has 0 spiro atoms. The number of aromatic amines is 1. The summed E-state index contributed by atoms with van der Waals surface area (Å²) in [6, 6.07) is 6.10. The van der Waals surface area contributed by atoms with Gasteiger partial charge in [0.15, 0.2) is 0 Å². The minimum atomic E-state index is -4.25. The van der Waals surface area contributed by atoms with Crippen molar-refractivity contribution in [2.24, 2.45) is 0 Å². The molecule has 1 heterocycles. The Hall–Kier alpha value is -1.77. The lowest BCUT2D eigenvalue weighted by molar-refractivity contribution is -0.191. The molecule has 0 atom stereocenters. The SMILES string of the molecule is FC(F)(F)Sc1ccc(Sc2cn[nH]n2)cc1.O=C=O. The van der Waals surface area contributed by atoms with Crippen LogP contribution in [0.3, 0.4) is 0 Å². The smallest absolute Gasteiger partial charge is 0.197 e. The molecule has 0 saturated heterocycles. The van der Waals surface area contributed by atoms with E-state index in [-0.39, 0.29) is 22.8 Å². The van der Waals surface area contributed by atoms with Gasteiger partial charge in [-0.05, 0) is 36.0 Å². The number of alkyl halides is 3. The number of nitrogens with one attached hydrogen (secondary N) is 1. The van der Waals surface area contributed by atoms with Gasteiger partial charge in [-0.2, -0.15) is 33.1 Å². The summed E-state index contributed by atoms with van der Waals surface area (Å²) in [5, 5.41) is 10.6. The van der Waals surface area contributed by atoms with E-state index in [4.69, 9.17) is 9.59 Å². The first kappa shape index (κ1) is 16.3. The lowest BCUT2D eigenvalue weighted by Gasteiger charge is -2.05. The molecular formula is C10H6F3N3O2S2. The first-order chi connectivity index (χ1) is 9.44. The highest BCUT2D eigenvalue weighted by molar-refractivity contribution is 8.00. The Bertz CT molecular complexity index is 552. The van der Waals surface area contributed by atoms with Crippen molar-refractivity contribution in [2.45, 2.75) is 20.3 Å². The van der Waals surface area contributed by atoms with Crippen LogP contribution in [0.5, 0.6) is 0 Å². The molecule has 2 rings (SSSR count). The molecule has 1 aromatic heterocycles. The van der Waals surface area contributed by atoms with E-state index < -0.39 is 5.51 Å². The van der Waals surface area contributed by atoms with Gasteiger partial charge in [0.25, 0.3) is 0 Å². The zero-order valence-corrected chi connectivity index (χ0v) is 11.2. The predicted molar refractivity (Wildman–Crippen MR) is 63.9 cm³/mol. The number of hydrogen-bond acceptors (Lipinski definition) is 6. The number of aromatic nitrogens is 3. The highest BCUT2D eigenvalue weighted by Gasteiger charge is 2.28. The quantitative estimate of drug-likeness (QED) is 0.876. The van der Waals surface area contributed by atoms with Crippen LogP contribution in [0, 0.1) is 0 Å². The molecule has 5 nitrogen and oxygen atoms in total. The molecule has 0 aliphatic rings. The van der Waals surface area contributed by atoms with E-state index in [0.29, 0.717) is 5.03 Å². The van der Waals surface area contributed by atoms with E-state index in [1.165, 1.54) is 23.9 Å². The Kier molecular flexibility index (Phi) is 6.29. The monoisotopic (exact) mass is 321 g/mol. The van der Waals surface area contributed by atoms with Gasteiger partial charge < -0.3 is 0 Å². The average Bonchev–Trinajstić information content (AvgIpc) is 2.84. The van der Waals surface area contributed by atoms with Gasteiger partial charge in [-0.25, -0.2) is 0 Å². The van der Waals surface area contributed by atoms with Gasteiger partial charge in [0.1, 0.15) is 5.03 Å². The molecule has 1 aromatic carbocycles. The largest absolute Gasteiger partial charge is 0.446 e. The number of carbonyl (C=O) groups excluding carboxylic acids is 2. The molecule has 0 saturated carbocycles. The van der Waals surface area contributed by atoms with Crippen molar-refractivity contribution in [1.29, 1.82) is 0 Å². The highest BCUT2D eigenvalue weighted by atomic mass is 32.2. The Labute approximate surface area is 119 Å². The Morgan fingerprint density at radius 3 is 2.10 bits per heavy atom. The van der Waals surface area contributed by atoms with Crippen molar-refractivity contribution in [3.8, 4) is 0 Å². The van der Waals surface area contributed by atoms with Crippen LogP contribution in [0.4, 0.5) is 13.2 Å². The highest BCUT2D eigenvalue weighted by Crippen LogP contribution is 2.37. The number of H-pyrrole nitrogens is 1. The third kappa shape index (κ3) is 6.41. The van der Waals surface area contributed by atoms with Crippen LogP contribution < -0.4 is 0 Å². The number of nitrogens with zero attached hydrogens (tertiary/aromatic N) is 2. The summed E-state index contributed by atoms with van der Waals surface area (Å²) < 4.78 is 36.2. The van der Waals surface area contributed by atoms with Crippen molar-refractivity contribution >= 4 is 29.7 Å². The van der Waals surface area contributed by atoms with E-state index in [1.807, 2.05) is 0 Å². The van der Waals surface area contributed by atoms with Gasteiger partial charge in [0, 0.05) is 9.79 Å². The maximum absolute atomic E-state index is 12.1. The zero-order chi connectivity index (χ0) is 15.0. The first-order valence-electron chi connectivity index (χ1n) is 4.83. The minimum absolute atomic E-state index is 0.126. The molecule has 106 valence electrons. The molecule has 2 aromatic rings. The molecular weight excluding hydrogens is 315 g/mol. The summed E-state index contributed by atoms with van der Waals surface area (Å²) in [7, 11) is 0. The maximum Gasteiger partial charge on any atom is 0.446 e. The molecule has 1 N–H and O–H groups in total. The van der Waals surface area contributed by atoms with Crippen LogP contribution >= 0.6 is 23.5 Å². The molecule has 0 fully saturated rings. The molecule has 20 heavy (non-hydrogen) atoms. The summed E-state index contributed by atoms with van der Waals surface area (Å²) in [5.74, 6) is 0. The van der Waals surface area contributed by atoms with Gasteiger partial charge in [-0.15, -0.1) is 5.10 Å². The van der Waals surface area contributed by atoms with Gasteiger partial charge in [-0.3, -0.25) is 0 Å². The predicted octanol–water partition coefficient (Wildman–Crippen LogP) is 2.98. The second-order valence-corrected chi connectivity index (χ2v) is 5.25. The van der Waals surface area contributed by atoms with Gasteiger partial charge in [0.05, 0.1) is 6.20 Å². The molecule has 0 aliphatic carbocycles. The zero-order valence-electron chi connectivity index (χ0n) is 9.55. The van der Waals surface area contributed by atoms with E-state index in [9.17, 15) is 13.2 Å². The van der Waals surface area contributed by atoms with Crippen LogP contribution in [-0.2, 0) is 9.59 Å². The summed E-state index contributed by atoms with van der Waals surface area (Å²) >= 11 is 1.20. The van der Waals surface area contributed by atoms with Crippen molar-refractivity contribution in [3.05, 3.63) is 30.5 Å². The third-order valence-electron chi connectivity index (χ3n) is 1.67. The normalized spacial score (nSPS) is 10.3. The lowest BCUT2D eigenvalue weighted by atomic mass is 10.4. The van der Waals surface area contributed by atoms with Gasteiger partial charge in [0.2, 0.25) is 0 Å². The fourth-order valence-electron chi connectivity index (χ4n) is 1.07. The van der Waals surface area contributed by atoms with E-state index in [2.05, 4.69) is 15.4 Å². The van der Waals surface area contributed by atoms with Crippen molar-refractivity contribution in [2.75, 3.05) is 0 Å². The minimum Gasteiger partial charge on any atom is -0.197 e. The fourth-order valence-corrected chi connectivity index (χ4v) is 2.32. The van der Waals surface area contributed by atoms with Crippen molar-refractivity contribution in [3.63, 3.8) is 0 Å². The summed E-state index contributed by atoms with van der Waals surface area (Å²) in [4.78, 5) is 17.2.